The molecular formula is C16H15F3N4O4. The van der Waals surface area contributed by atoms with Gasteiger partial charge < -0.3 is 15.4 Å². The van der Waals surface area contributed by atoms with Crippen molar-refractivity contribution in [3.05, 3.63) is 58.3 Å². The lowest BCUT2D eigenvalue weighted by Crippen LogP contribution is -2.33. The van der Waals surface area contributed by atoms with Crippen molar-refractivity contribution in [1.82, 2.24) is 10.3 Å². The van der Waals surface area contributed by atoms with Crippen molar-refractivity contribution >= 4 is 17.4 Å². The summed E-state index contributed by atoms with van der Waals surface area (Å²) in [5.74, 6) is -0.701. The number of amides is 1. The van der Waals surface area contributed by atoms with Gasteiger partial charge in [0.2, 0.25) is 0 Å². The molecule has 0 saturated heterocycles. The lowest BCUT2D eigenvalue weighted by atomic mass is 10.2. The Morgan fingerprint density at radius 2 is 2.00 bits per heavy atom. The molecule has 0 fully saturated rings. The number of ether oxygens (including phenoxy) is 1. The Morgan fingerprint density at radius 3 is 2.70 bits per heavy atom. The maximum Gasteiger partial charge on any atom is 0.419 e. The molecule has 1 heterocycles. The van der Waals surface area contributed by atoms with E-state index in [0.29, 0.717) is 0 Å². The van der Waals surface area contributed by atoms with Crippen LogP contribution in [0.2, 0.25) is 0 Å². The van der Waals surface area contributed by atoms with Gasteiger partial charge in [-0.15, -0.1) is 0 Å². The molecule has 0 aliphatic rings. The maximum absolute atomic E-state index is 12.8. The van der Waals surface area contributed by atoms with Gasteiger partial charge in [-0.25, -0.2) is 4.98 Å². The molecule has 144 valence electrons. The van der Waals surface area contributed by atoms with Crippen LogP contribution in [0.4, 0.5) is 24.7 Å². The molecule has 0 aliphatic carbocycles. The van der Waals surface area contributed by atoms with E-state index < -0.39 is 29.2 Å². The van der Waals surface area contributed by atoms with Gasteiger partial charge in [0.25, 0.3) is 11.6 Å². The Hall–Kier alpha value is -3.37. The van der Waals surface area contributed by atoms with Crippen LogP contribution in [0.15, 0.2) is 42.6 Å². The first kappa shape index (κ1) is 19.9. The molecular weight excluding hydrogens is 369 g/mol. The minimum Gasteiger partial charge on any atom is -0.484 e. The first-order valence-corrected chi connectivity index (χ1v) is 7.67. The molecule has 0 atom stereocenters. The second-order valence-electron chi connectivity index (χ2n) is 5.22. The summed E-state index contributed by atoms with van der Waals surface area (Å²) < 4.78 is 43.6. The predicted octanol–water partition coefficient (Wildman–Crippen LogP) is 2.62. The van der Waals surface area contributed by atoms with Crippen molar-refractivity contribution in [3.63, 3.8) is 0 Å². The highest BCUT2D eigenvalue weighted by Gasteiger charge is 2.33. The number of nitro benzene ring substituents is 1. The number of non-ortho nitro benzene ring substituents is 1. The molecule has 0 bridgehead atoms. The van der Waals surface area contributed by atoms with Crippen LogP contribution in [0.3, 0.4) is 0 Å². The third-order valence-electron chi connectivity index (χ3n) is 3.25. The molecule has 0 unspecified atom stereocenters. The van der Waals surface area contributed by atoms with E-state index >= 15 is 0 Å². The number of anilines is 1. The Bertz CT molecular complexity index is 814. The van der Waals surface area contributed by atoms with E-state index in [-0.39, 0.29) is 30.3 Å². The van der Waals surface area contributed by atoms with Gasteiger partial charge in [-0.1, -0.05) is 6.07 Å². The highest BCUT2D eigenvalue weighted by atomic mass is 19.4. The van der Waals surface area contributed by atoms with Crippen LogP contribution in [-0.2, 0) is 11.0 Å². The van der Waals surface area contributed by atoms with Crippen LogP contribution in [0.25, 0.3) is 0 Å². The smallest absolute Gasteiger partial charge is 0.419 e. The van der Waals surface area contributed by atoms with Gasteiger partial charge in [-0.2, -0.15) is 13.2 Å². The molecule has 0 saturated carbocycles. The SMILES string of the molecule is O=C(COc1cccc([N+](=O)[O-])c1)NCCNc1ncccc1C(F)(F)F. The molecule has 0 radical (unpaired) electrons. The third-order valence-corrected chi connectivity index (χ3v) is 3.25. The van der Waals surface area contributed by atoms with E-state index in [9.17, 15) is 28.1 Å². The summed E-state index contributed by atoms with van der Waals surface area (Å²) in [5, 5.41) is 15.6. The van der Waals surface area contributed by atoms with E-state index in [1.165, 1.54) is 36.5 Å². The maximum atomic E-state index is 12.8. The molecule has 0 aliphatic heterocycles. The van der Waals surface area contributed by atoms with Crippen LogP contribution < -0.4 is 15.4 Å². The number of hydrogen-bond acceptors (Lipinski definition) is 6. The quantitative estimate of drug-likeness (QED) is 0.412. The van der Waals surface area contributed by atoms with Crippen molar-refractivity contribution in [3.8, 4) is 5.75 Å². The summed E-state index contributed by atoms with van der Waals surface area (Å²) >= 11 is 0. The monoisotopic (exact) mass is 384 g/mol. The van der Waals surface area contributed by atoms with Crippen molar-refractivity contribution in [1.29, 1.82) is 0 Å². The number of alkyl halides is 3. The first-order valence-electron chi connectivity index (χ1n) is 7.67. The summed E-state index contributed by atoms with van der Waals surface area (Å²) in [6, 6.07) is 7.42. The van der Waals surface area contributed by atoms with Gasteiger partial charge in [-0.3, -0.25) is 14.9 Å². The van der Waals surface area contributed by atoms with Crippen molar-refractivity contribution in [2.75, 3.05) is 25.0 Å². The minimum atomic E-state index is -4.54. The summed E-state index contributed by atoms with van der Waals surface area (Å²) in [7, 11) is 0. The van der Waals surface area contributed by atoms with E-state index in [4.69, 9.17) is 4.74 Å². The molecule has 11 heteroatoms. The summed E-state index contributed by atoms with van der Waals surface area (Å²) in [6.07, 6.45) is -3.31. The van der Waals surface area contributed by atoms with Crippen LogP contribution in [0.1, 0.15) is 5.56 Å². The van der Waals surface area contributed by atoms with E-state index in [1.807, 2.05) is 0 Å². The van der Waals surface area contributed by atoms with E-state index in [2.05, 4.69) is 15.6 Å². The number of rotatable bonds is 8. The number of halogens is 3. The molecule has 1 aromatic carbocycles. The lowest BCUT2D eigenvalue weighted by molar-refractivity contribution is -0.384. The fourth-order valence-corrected chi connectivity index (χ4v) is 2.04. The molecule has 0 spiro atoms. The summed E-state index contributed by atoms with van der Waals surface area (Å²) in [5.41, 5.74) is -1.07. The Labute approximate surface area is 151 Å². The molecule has 27 heavy (non-hydrogen) atoms. The Balaban J connectivity index is 1.76. The van der Waals surface area contributed by atoms with Crippen LogP contribution >= 0.6 is 0 Å². The largest absolute Gasteiger partial charge is 0.484 e. The number of aromatic nitrogens is 1. The van der Waals surface area contributed by atoms with Gasteiger partial charge in [0.15, 0.2) is 6.61 Å². The Morgan fingerprint density at radius 1 is 1.22 bits per heavy atom. The highest BCUT2D eigenvalue weighted by molar-refractivity contribution is 5.77. The zero-order chi connectivity index (χ0) is 19.9. The van der Waals surface area contributed by atoms with Crippen LogP contribution in [0, 0.1) is 10.1 Å². The van der Waals surface area contributed by atoms with Crippen LogP contribution in [0.5, 0.6) is 5.75 Å². The lowest BCUT2D eigenvalue weighted by Gasteiger charge is -2.13. The number of carbonyl (C=O) groups is 1. The number of nitro groups is 1. The number of pyridine rings is 1. The van der Waals surface area contributed by atoms with Crippen molar-refractivity contribution in [2.24, 2.45) is 0 Å². The standard InChI is InChI=1S/C16H15F3N4O4/c17-16(18,19)13-5-2-6-21-15(13)22-8-7-20-14(24)10-27-12-4-1-3-11(9-12)23(25)26/h1-6,9H,7-8,10H2,(H,20,24)(H,21,22). The number of nitrogens with zero attached hydrogens (tertiary/aromatic N) is 2. The summed E-state index contributed by atoms with van der Waals surface area (Å²) in [4.78, 5) is 25.4. The van der Waals surface area contributed by atoms with Gasteiger partial charge in [0.05, 0.1) is 16.6 Å². The fourth-order valence-electron chi connectivity index (χ4n) is 2.04. The number of nitrogens with one attached hydrogen (secondary N) is 2. The predicted molar refractivity (Wildman–Crippen MR) is 89.3 cm³/mol. The van der Waals surface area contributed by atoms with E-state index in [1.54, 1.807) is 0 Å². The zero-order valence-electron chi connectivity index (χ0n) is 13.8. The van der Waals surface area contributed by atoms with Gasteiger partial charge >= 0.3 is 6.18 Å². The minimum absolute atomic E-state index is 0.0165. The van der Waals surface area contributed by atoms with Crippen molar-refractivity contribution < 1.29 is 27.6 Å². The fraction of sp³-hybridized carbons (Fsp3) is 0.250. The summed E-state index contributed by atoms with van der Waals surface area (Å²) in [6.45, 7) is -0.341. The zero-order valence-corrected chi connectivity index (χ0v) is 13.8. The van der Waals surface area contributed by atoms with E-state index in [0.717, 1.165) is 6.07 Å². The Kier molecular flexibility index (Phi) is 6.52. The third kappa shape index (κ3) is 6.13. The average Bonchev–Trinajstić information content (AvgIpc) is 2.63. The van der Waals surface area contributed by atoms with Gasteiger partial charge in [0.1, 0.15) is 11.6 Å². The first-order chi connectivity index (χ1) is 12.8. The second-order valence-corrected chi connectivity index (χ2v) is 5.22. The molecule has 2 N–H and O–H groups in total. The van der Waals surface area contributed by atoms with Crippen molar-refractivity contribution in [2.45, 2.75) is 6.18 Å². The topological polar surface area (TPSA) is 106 Å². The normalized spacial score (nSPS) is 10.9. The average molecular weight is 384 g/mol. The second kappa shape index (κ2) is 8.83. The van der Waals surface area contributed by atoms with Crippen LogP contribution in [-0.4, -0.2) is 35.5 Å². The molecule has 2 rings (SSSR count). The molecule has 1 amide bonds. The van der Waals surface area contributed by atoms with Gasteiger partial charge in [-0.05, 0) is 18.2 Å². The molecule has 8 nitrogen and oxygen atoms in total. The molecule has 2 aromatic rings. The highest BCUT2D eigenvalue weighted by Crippen LogP contribution is 2.33. The number of carbonyl (C=O) groups excluding carboxylic acids is 1. The number of hydrogen-bond donors (Lipinski definition) is 2. The number of benzene rings is 1. The molecule has 1 aromatic heterocycles. The van der Waals surface area contributed by atoms with Gasteiger partial charge in [0, 0.05) is 25.4 Å².